The number of nitrogens with one attached hydrogen (secondary N) is 2. The molecule has 0 saturated carbocycles. The summed E-state index contributed by atoms with van der Waals surface area (Å²) in [6.45, 7) is 4.97. The van der Waals surface area contributed by atoms with E-state index in [4.69, 9.17) is 21.1 Å². The molecule has 6 nitrogen and oxygen atoms in total. The van der Waals surface area contributed by atoms with Crippen LogP contribution in [-0.2, 0) is 4.79 Å². The predicted molar refractivity (Wildman–Crippen MR) is 107 cm³/mol. The summed E-state index contributed by atoms with van der Waals surface area (Å²) in [4.78, 5) is 24.6. The molecule has 2 aromatic rings. The molecule has 28 heavy (non-hydrogen) atoms. The number of carbonyl (C=O) groups is 2. The molecule has 0 aliphatic carbocycles. The van der Waals surface area contributed by atoms with Crippen molar-refractivity contribution in [3.8, 4) is 11.5 Å². The third kappa shape index (κ3) is 4.95. The van der Waals surface area contributed by atoms with Crippen LogP contribution in [0.15, 0.2) is 42.5 Å². The average molecular weight is 403 g/mol. The summed E-state index contributed by atoms with van der Waals surface area (Å²) >= 11 is 5.82. The second-order valence-electron chi connectivity index (χ2n) is 6.88. The van der Waals surface area contributed by atoms with Gasteiger partial charge in [0.1, 0.15) is 13.2 Å². The minimum atomic E-state index is -0.327. The number of hydrogen-bond acceptors (Lipinski definition) is 4. The molecule has 2 aromatic carbocycles. The van der Waals surface area contributed by atoms with Crippen molar-refractivity contribution in [1.29, 1.82) is 0 Å². The third-order valence-electron chi connectivity index (χ3n) is 4.42. The van der Waals surface area contributed by atoms with E-state index in [1.807, 2.05) is 32.0 Å². The Kier molecular flexibility index (Phi) is 6.41. The van der Waals surface area contributed by atoms with E-state index in [1.165, 1.54) is 0 Å². The van der Waals surface area contributed by atoms with Crippen LogP contribution in [0.4, 0.5) is 0 Å². The standard InChI is InChI=1S/C21H23ClN2O4/c1-13(2)20(15-5-8-17-18(11-15)28-10-9-27-17)24-19(25)12-23-21(26)14-3-6-16(22)7-4-14/h3-8,11,13,20H,9-10,12H2,1-2H3,(H,23,26)(H,24,25)/t20-/m0/s1. The molecule has 7 heteroatoms. The fourth-order valence-corrected chi connectivity index (χ4v) is 3.10. The smallest absolute Gasteiger partial charge is 0.251 e. The van der Waals surface area contributed by atoms with E-state index in [2.05, 4.69) is 10.6 Å². The zero-order chi connectivity index (χ0) is 20.1. The molecule has 148 valence electrons. The van der Waals surface area contributed by atoms with Crippen molar-refractivity contribution in [2.75, 3.05) is 19.8 Å². The first-order chi connectivity index (χ1) is 13.4. The van der Waals surface area contributed by atoms with Crippen LogP contribution in [0.5, 0.6) is 11.5 Å². The van der Waals surface area contributed by atoms with Gasteiger partial charge in [0.25, 0.3) is 5.91 Å². The zero-order valence-corrected chi connectivity index (χ0v) is 16.6. The highest BCUT2D eigenvalue weighted by molar-refractivity contribution is 6.30. The zero-order valence-electron chi connectivity index (χ0n) is 15.8. The lowest BCUT2D eigenvalue weighted by atomic mass is 9.95. The number of benzene rings is 2. The van der Waals surface area contributed by atoms with Gasteiger partial charge < -0.3 is 20.1 Å². The molecule has 0 radical (unpaired) electrons. The van der Waals surface area contributed by atoms with Crippen LogP contribution in [0.3, 0.4) is 0 Å². The molecule has 1 aliphatic rings. The van der Waals surface area contributed by atoms with Gasteiger partial charge in [-0.05, 0) is 47.9 Å². The monoisotopic (exact) mass is 402 g/mol. The van der Waals surface area contributed by atoms with E-state index in [-0.39, 0.29) is 30.3 Å². The Morgan fingerprint density at radius 3 is 2.39 bits per heavy atom. The fraction of sp³-hybridized carbons (Fsp3) is 0.333. The van der Waals surface area contributed by atoms with E-state index in [1.54, 1.807) is 24.3 Å². The van der Waals surface area contributed by atoms with E-state index in [0.717, 1.165) is 5.56 Å². The van der Waals surface area contributed by atoms with E-state index >= 15 is 0 Å². The molecule has 1 heterocycles. The molecule has 0 unspecified atom stereocenters. The second-order valence-corrected chi connectivity index (χ2v) is 7.32. The van der Waals surface area contributed by atoms with Crippen LogP contribution in [0.2, 0.25) is 5.02 Å². The van der Waals surface area contributed by atoms with Crippen LogP contribution < -0.4 is 20.1 Å². The second kappa shape index (κ2) is 8.97. The highest BCUT2D eigenvalue weighted by Crippen LogP contribution is 2.34. The van der Waals surface area contributed by atoms with Gasteiger partial charge in [-0.25, -0.2) is 0 Å². The van der Waals surface area contributed by atoms with Gasteiger partial charge in [0.05, 0.1) is 12.6 Å². The van der Waals surface area contributed by atoms with Crippen molar-refractivity contribution in [1.82, 2.24) is 10.6 Å². The van der Waals surface area contributed by atoms with E-state index in [0.29, 0.717) is 35.3 Å². The summed E-state index contributed by atoms with van der Waals surface area (Å²) < 4.78 is 11.2. The molecule has 1 aliphatic heterocycles. The van der Waals surface area contributed by atoms with Crippen molar-refractivity contribution < 1.29 is 19.1 Å². The Hall–Kier alpha value is -2.73. The van der Waals surface area contributed by atoms with Gasteiger partial charge in [0.2, 0.25) is 5.91 Å². The van der Waals surface area contributed by atoms with Crippen molar-refractivity contribution in [3.63, 3.8) is 0 Å². The minimum Gasteiger partial charge on any atom is -0.486 e. The molecule has 0 aromatic heterocycles. The van der Waals surface area contributed by atoms with Crippen LogP contribution in [0, 0.1) is 5.92 Å². The topological polar surface area (TPSA) is 76.7 Å². The summed E-state index contributed by atoms with van der Waals surface area (Å²) in [5.74, 6) is 0.945. The maximum Gasteiger partial charge on any atom is 0.251 e. The summed E-state index contributed by atoms with van der Waals surface area (Å²) in [5, 5.41) is 6.16. The molecule has 0 fully saturated rings. The van der Waals surface area contributed by atoms with Gasteiger partial charge in [-0.2, -0.15) is 0 Å². The maximum atomic E-state index is 12.4. The van der Waals surface area contributed by atoms with Crippen molar-refractivity contribution in [2.45, 2.75) is 19.9 Å². The Morgan fingerprint density at radius 2 is 1.71 bits per heavy atom. The van der Waals surface area contributed by atoms with Crippen LogP contribution in [-0.4, -0.2) is 31.6 Å². The molecule has 1 atom stereocenters. The first-order valence-electron chi connectivity index (χ1n) is 9.16. The lowest BCUT2D eigenvalue weighted by Gasteiger charge is -2.25. The van der Waals surface area contributed by atoms with Gasteiger partial charge in [0.15, 0.2) is 11.5 Å². The predicted octanol–water partition coefficient (Wildman–Crippen LogP) is 3.35. The number of halogens is 1. The van der Waals surface area contributed by atoms with Crippen molar-refractivity contribution >= 4 is 23.4 Å². The summed E-state index contributed by atoms with van der Waals surface area (Å²) in [6.07, 6.45) is 0. The van der Waals surface area contributed by atoms with Crippen molar-refractivity contribution in [3.05, 3.63) is 58.6 Å². The number of rotatable bonds is 6. The first kappa shape index (κ1) is 20.0. The summed E-state index contributed by atoms with van der Waals surface area (Å²) in [7, 11) is 0. The SMILES string of the molecule is CC(C)[C@H](NC(=O)CNC(=O)c1ccc(Cl)cc1)c1ccc2c(c1)OCCO2. The minimum absolute atomic E-state index is 0.116. The Labute approximate surface area is 169 Å². The Bertz CT molecular complexity index is 852. The third-order valence-corrected chi connectivity index (χ3v) is 4.68. The highest BCUT2D eigenvalue weighted by atomic mass is 35.5. The van der Waals surface area contributed by atoms with Crippen LogP contribution >= 0.6 is 11.6 Å². The van der Waals surface area contributed by atoms with Crippen LogP contribution in [0.25, 0.3) is 0 Å². The largest absolute Gasteiger partial charge is 0.486 e. The highest BCUT2D eigenvalue weighted by Gasteiger charge is 2.21. The lowest BCUT2D eigenvalue weighted by molar-refractivity contribution is -0.121. The lowest BCUT2D eigenvalue weighted by Crippen LogP contribution is -2.40. The van der Waals surface area contributed by atoms with E-state index in [9.17, 15) is 9.59 Å². The Balaban J connectivity index is 1.61. The number of fused-ring (bicyclic) bond motifs is 1. The fourth-order valence-electron chi connectivity index (χ4n) is 2.98. The van der Waals surface area contributed by atoms with Crippen LogP contribution in [0.1, 0.15) is 35.8 Å². The molecular weight excluding hydrogens is 380 g/mol. The number of ether oxygens (including phenoxy) is 2. The summed E-state index contributed by atoms with van der Waals surface area (Å²) in [5.41, 5.74) is 1.38. The molecule has 0 bridgehead atoms. The normalized spacial score (nSPS) is 13.7. The van der Waals surface area contributed by atoms with Gasteiger partial charge >= 0.3 is 0 Å². The number of hydrogen-bond donors (Lipinski definition) is 2. The molecule has 3 rings (SSSR count). The van der Waals surface area contributed by atoms with Gasteiger partial charge in [-0.3, -0.25) is 9.59 Å². The van der Waals surface area contributed by atoms with Gasteiger partial charge in [-0.1, -0.05) is 31.5 Å². The molecule has 2 amide bonds. The summed E-state index contributed by atoms with van der Waals surface area (Å²) in [6, 6.07) is 11.9. The van der Waals surface area contributed by atoms with E-state index < -0.39 is 0 Å². The quantitative estimate of drug-likeness (QED) is 0.776. The molecule has 0 saturated heterocycles. The average Bonchev–Trinajstić information content (AvgIpc) is 2.70. The Morgan fingerprint density at radius 1 is 1.04 bits per heavy atom. The van der Waals surface area contributed by atoms with Gasteiger partial charge in [-0.15, -0.1) is 0 Å². The molecule has 0 spiro atoms. The number of carbonyl (C=O) groups excluding carboxylic acids is 2. The van der Waals surface area contributed by atoms with Crippen molar-refractivity contribution in [2.24, 2.45) is 5.92 Å². The maximum absolute atomic E-state index is 12.4. The number of amides is 2. The first-order valence-corrected chi connectivity index (χ1v) is 9.54. The molecule has 2 N–H and O–H groups in total. The molecular formula is C21H23ClN2O4. The van der Waals surface area contributed by atoms with Gasteiger partial charge in [0, 0.05) is 10.6 Å².